The predicted molar refractivity (Wildman–Crippen MR) is 107 cm³/mol. The minimum Gasteiger partial charge on any atom is -0.492 e. The molecule has 7 heteroatoms. The smallest absolute Gasteiger partial charge is 0.213 e. The molecule has 28 heavy (non-hydrogen) atoms. The molecule has 0 saturated carbocycles. The van der Waals surface area contributed by atoms with Gasteiger partial charge in [-0.1, -0.05) is 6.07 Å². The van der Waals surface area contributed by atoms with Crippen LogP contribution in [0.5, 0.6) is 11.6 Å². The average molecular weight is 375 g/mol. The molecule has 0 aliphatic heterocycles. The molecule has 1 aromatic carbocycles. The summed E-state index contributed by atoms with van der Waals surface area (Å²) in [6, 6.07) is 15.2. The Morgan fingerprint density at radius 2 is 2.00 bits per heavy atom. The average Bonchev–Trinajstić information content (AvgIpc) is 3.16. The Bertz CT molecular complexity index is 1060. The van der Waals surface area contributed by atoms with Crippen LogP contribution in [0.1, 0.15) is 5.56 Å². The van der Waals surface area contributed by atoms with E-state index in [-0.39, 0.29) is 6.04 Å². The molecule has 3 heterocycles. The van der Waals surface area contributed by atoms with Gasteiger partial charge in [0.15, 0.2) is 0 Å². The lowest BCUT2D eigenvalue weighted by Crippen LogP contribution is -2.30. The largest absolute Gasteiger partial charge is 0.492 e. The molecule has 4 rings (SSSR count). The number of nitrogens with zero attached hydrogens (tertiary/aromatic N) is 3. The first-order valence-corrected chi connectivity index (χ1v) is 9.00. The first-order valence-electron chi connectivity index (χ1n) is 9.00. The van der Waals surface area contributed by atoms with Gasteiger partial charge in [-0.15, -0.1) is 0 Å². The fourth-order valence-corrected chi connectivity index (χ4v) is 3.03. The Hall–Kier alpha value is -3.45. The van der Waals surface area contributed by atoms with Crippen molar-refractivity contribution >= 4 is 10.9 Å². The summed E-state index contributed by atoms with van der Waals surface area (Å²) < 4.78 is 11.1. The Morgan fingerprint density at radius 1 is 1.07 bits per heavy atom. The van der Waals surface area contributed by atoms with Gasteiger partial charge in [0.1, 0.15) is 18.1 Å². The van der Waals surface area contributed by atoms with E-state index in [0.717, 1.165) is 33.6 Å². The van der Waals surface area contributed by atoms with E-state index < -0.39 is 0 Å². The summed E-state index contributed by atoms with van der Waals surface area (Å²) in [4.78, 5) is 8.49. The second kappa shape index (κ2) is 8.06. The molecular formula is C21H21N5O2. The molecule has 3 N–H and O–H groups in total. The van der Waals surface area contributed by atoms with E-state index in [1.165, 1.54) is 0 Å². The van der Waals surface area contributed by atoms with Crippen LogP contribution in [-0.4, -0.2) is 39.9 Å². The van der Waals surface area contributed by atoms with Crippen LogP contribution in [0.4, 0.5) is 0 Å². The van der Waals surface area contributed by atoms with Crippen LogP contribution >= 0.6 is 0 Å². The predicted octanol–water partition coefficient (Wildman–Crippen LogP) is 2.98. The van der Waals surface area contributed by atoms with Crippen molar-refractivity contribution in [2.75, 3.05) is 13.7 Å². The summed E-state index contributed by atoms with van der Waals surface area (Å²) >= 11 is 0. The molecule has 1 unspecified atom stereocenters. The zero-order valence-corrected chi connectivity index (χ0v) is 15.5. The van der Waals surface area contributed by atoms with Gasteiger partial charge in [0.05, 0.1) is 18.3 Å². The number of nitrogens with two attached hydrogens (primary N) is 1. The van der Waals surface area contributed by atoms with Crippen molar-refractivity contribution in [1.82, 2.24) is 20.2 Å². The number of ether oxygens (including phenoxy) is 2. The molecule has 0 aliphatic carbocycles. The van der Waals surface area contributed by atoms with E-state index in [9.17, 15) is 0 Å². The maximum Gasteiger partial charge on any atom is 0.213 e. The highest BCUT2D eigenvalue weighted by molar-refractivity contribution is 5.92. The highest BCUT2D eigenvalue weighted by Crippen LogP contribution is 2.28. The third-order valence-electron chi connectivity index (χ3n) is 4.41. The number of pyridine rings is 2. The Balaban J connectivity index is 1.46. The van der Waals surface area contributed by atoms with Gasteiger partial charge in [0, 0.05) is 29.9 Å². The first-order chi connectivity index (χ1) is 13.7. The Labute approximate surface area is 162 Å². The minimum atomic E-state index is -0.151. The lowest BCUT2D eigenvalue weighted by atomic mass is 10.1. The van der Waals surface area contributed by atoms with Gasteiger partial charge in [-0.3, -0.25) is 10.1 Å². The van der Waals surface area contributed by atoms with Crippen molar-refractivity contribution in [3.63, 3.8) is 0 Å². The molecule has 1 atom stereocenters. The quantitative estimate of drug-likeness (QED) is 0.515. The number of H-pyrrole nitrogens is 1. The highest BCUT2D eigenvalue weighted by atomic mass is 16.5. The molecule has 0 amide bonds. The van der Waals surface area contributed by atoms with Gasteiger partial charge in [0.2, 0.25) is 5.88 Å². The van der Waals surface area contributed by atoms with Crippen LogP contribution in [0.3, 0.4) is 0 Å². The van der Waals surface area contributed by atoms with Gasteiger partial charge in [-0.05, 0) is 48.4 Å². The molecule has 0 radical (unpaired) electrons. The monoisotopic (exact) mass is 375 g/mol. The van der Waals surface area contributed by atoms with E-state index >= 15 is 0 Å². The number of hydrogen-bond donors (Lipinski definition) is 2. The van der Waals surface area contributed by atoms with Crippen molar-refractivity contribution in [3.8, 4) is 23.0 Å². The number of hydrogen-bond acceptors (Lipinski definition) is 6. The number of nitrogens with one attached hydrogen (secondary N) is 1. The Morgan fingerprint density at radius 3 is 2.82 bits per heavy atom. The fourth-order valence-electron chi connectivity index (χ4n) is 3.03. The lowest BCUT2D eigenvalue weighted by molar-refractivity contribution is 0.288. The highest BCUT2D eigenvalue weighted by Gasteiger charge is 2.11. The normalized spacial score (nSPS) is 12.1. The summed E-state index contributed by atoms with van der Waals surface area (Å²) in [5.74, 6) is 1.33. The van der Waals surface area contributed by atoms with E-state index in [1.54, 1.807) is 19.5 Å². The molecular weight excluding hydrogens is 354 g/mol. The van der Waals surface area contributed by atoms with Crippen molar-refractivity contribution in [1.29, 1.82) is 0 Å². The molecule has 0 bridgehead atoms. The van der Waals surface area contributed by atoms with Crippen molar-refractivity contribution in [3.05, 3.63) is 66.5 Å². The third-order valence-corrected chi connectivity index (χ3v) is 4.41. The molecule has 0 spiro atoms. The SMILES string of the molecule is COc1cc(CC(N)COc2ccc3[nH]nc(-c4ccccn4)c3c2)ccn1. The number of benzene rings is 1. The van der Waals surface area contributed by atoms with Gasteiger partial charge in [0.25, 0.3) is 0 Å². The van der Waals surface area contributed by atoms with Crippen LogP contribution in [-0.2, 0) is 6.42 Å². The van der Waals surface area contributed by atoms with E-state index in [0.29, 0.717) is 18.9 Å². The number of aromatic amines is 1. The molecule has 142 valence electrons. The summed E-state index contributed by atoms with van der Waals surface area (Å²) in [5.41, 5.74) is 9.85. The molecule has 4 aromatic rings. The molecule has 7 nitrogen and oxygen atoms in total. The zero-order valence-electron chi connectivity index (χ0n) is 15.5. The molecule has 0 saturated heterocycles. The van der Waals surface area contributed by atoms with Crippen LogP contribution in [0, 0.1) is 0 Å². The summed E-state index contributed by atoms with van der Waals surface area (Å²) in [6.07, 6.45) is 4.14. The maximum absolute atomic E-state index is 6.24. The van der Waals surface area contributed by atoms with E-state index in [2.05, 4.69) is 20.2 Å². The summed E-state index contributed by atoms with van der Waals surface area (Å²) in [5, 5.41) is 8.38. The van der Waals surface area contributed by atoms with Gasteiger partial charge < -0.3 is 15.2 Å². The molecule has 3 aromatic heterocycles. The van der Waals surface area contributed by atoms with Crippen LogP contribution in [0.15, 0.2) is 60.9 Å². The number of fused-ring (bicyclic) bond motifs is 1. The first kappa shape index (κ1) is 17.9. The maximum atomic E-state index is 6.24. The molecule has 0 fully saturated rings. The van der Waals surface area contributed by atoms with Crippen LogP contribution in [0.2, 0.25) is 0 Å². The van der Waals surface area contributed by atoms with Gasteiger partial charge in [-0.2, -0.15) is 5.10 Å². The molecule has 0 aliphatic rings. The lowest BCUT2D eigenvalue weighted by Gasteiger charge is -2.14. The minimum absolute atomic E-state index is 0.151. The topological polar surface area (TPSA) is 98.9 Å². The Kier molecular flexibility index (Phi) is 5.16. The standard InChI is InChI=1S/C21H21N5O2/c1-27-20-11-14(7-9-24-20)10-15(22)13-28-16-5-6-18-17(12-16)21(26-25-18)19-4-2-3-8-23-19/h2-9,11-12,15H,10,13,22H2,1H3,(H,25,26). The second-order valence-corrected chi connectivity index (χ2v) is 6.48. The summed E-state index contributed by atoms with van der Waals surface area (Å²) in [6.45, 7) is 0.396. The van der Waals surface area contributed by atoms with Crippen LogP contribution < -0.4 is 15.2 Å². The van der Waals surface area contributed by atoms with Gasteiger partial charge in [-0.25, -0.2) is 4.98 Å². The van der Waals surface area contributed by atoms with Crippen molar-refractivity contribution in [2.24, 2.45) is 5.73 Å². The van der Waals surface area contributed by atoms with Gasteiger partial charge >= 0.3 is 0 Å². The van der Waals surface area contributed by atoms with E-state index in [1.807, 2.05) is 48.5 Å². The third kappa shape index (κ3) is 3.94. The second-order valence-electron chi connectivity index (χ2n) is 6.48. The fraction of sp³-hybridized carbons (Fsp3) is 0.190. The summed E-state index contributed by atoms with van der Waals surface area (Å²) in [7, 11) is 1.60. The van der Waals surface area contributed by atoms with Crippen molar-refractivity contribution < 1.29 is 9.47 Å². The van der Waals surface area contributed by atoms with E-state index in [4.69, 9.17) is 15.2 Å². The zero-order chi connectivity index (χ0) is 19.3. The number of aromatic nitrogens is 4. The van der Waals surface area contributed by atoms with Crippen molar-refractivity contribution in [2.45, 2.75) is 12.5 Å². The number of methoxy groups -OCH3 is 1. The number of rotatable bonds is 7. The van der Waals surface area contributed by atoms with Crippen LogP contribution in [0.25, 0.3) is 22.3 Å².